The van der Waals surface area contributed by atoms with E-state index in [1.807, 2.05) is 55.5 Å². The summed E-state index contributed by atoms with van der Waals surface area (Å²) >= 11 is 3.51. The summed E-state index contributed by atoms with van der Waals surface area (Å²) in [5.74, 6) is 0.859. The maximum atomic E-state index is 12.0. The van der Waals surface area contributed by atoms with Crippen molar-refractivity contribution in [1.29, 1.82) is 0 Å². The number of urea groups is 1. The fraction of sp³-hybridized carbons (Fsp3) is 0.316. The third-order valence-electron chi connectivity index (χ3n) is 3.81. The molecule has 1 unspecified atom stereocenters. The smallest absolute Gasteiger partial charge is 0.315 e. The highest BCUT2D eigenvalue weighted by Gasteiger charge is 2.11. The number of halogens is 1. The Labute approximate surface area is 151 Å². The molecule has 2 amide bonds. The monoisotopic (exact) mass is 390 g/mol. The molecule has 0 saturated heterocycles. The van der Waals surface area contributed by atoms with Crippen molar-refractivity contribution in [3.63, 3.8) is 0 Å². The third-order valence-corrected chi connectivity index (χ3v) is 4.53. The van der Waals surface area contributed by atoms with Crippen LogP contribution in [0.25, 0.3) is 0 Å². The fourth-order valence-corrected chi connectivity index (χ4v) is 3.07. The standard InChI is InChI=1S/C19H23BrN2O2/c1-14(17-7-3-4-8-18(17)20)22-19(23)21-13-5-6-15-9-11-16(24-2)12-10-15/h3-4,7-12,14H,5-6,13H2,1-2H3,(H2,21,22,23). The van der Waals surface area contributed by atoms with Crippen LogP contribution in [0.4, 0.5) is 4.79 Å². The molecule has 0 aliphatic rings. The van der Waals surface area contributed by atoms with Crippen LogP contribution < -0.4 is 15.4 Å². The van der Waals surface area contributed by atoms with E-state index in [1.165, 1.54) is 5.56 Å². The molecule has 24 heavy (non-hydrogen) atoms. The van der Waals surface area contributed by atoms with Gasteiger partial charge >= 0.3 is 6.03 Å². The number of nitrogens with one attached hydrogen (secondary N) is 2. The second-order valence-corrected chi connectivity index (χ2v) is 6.45. The molecule has 4 nitrogen and oxygen atoms in total. The summed E-state index contributed by atoms with van der Waals surface area (Å²) in [5, 5.41) is 5.86. The van der Waals surface area contributed by atoms with E-state index in [4.69, 9.17) is 4.74 Å². The molecule has 0 aliphatic carbocycles. The van der Waals surface area contributed by atoms with Gasteiger partial charge in [0.2, 0.25) is 0 Å². The third kappa shape index (κ3) is 5.57. The number of aryl methyl sites for hydroxylation is 1. The first-order valence-electron chi connectivity index (χ1n) is 8.02. The molecule has 0 heterocycles. The number of hydrogen-bond donors (Lipinski definition) is 2. The number of methoxy groups -OCH3 is 1. The molecular formula is C19H23BrN2O2. The molecule has 0 radical (unpaired) electrons. The molecule has 0 aromatic heterocycles. The van der Waals surface area contributed by atoms with Crippen molar-refractivity contribution in [3.8, 4) is 5.75 Å². The van der Waals surface area contributed by atoms with Crippen molar-refractivity contribution >= 4 is 22.0 Å². The molecule has 5 heteroatoms. The molecule has 2 aromatic rings. The molecule has 0 bridgehead atoms. The van der Waals surface area contributed by atoms with Gasteiger partial charge in [-0.2, -0.15) is 0 Å². The number of hydrogen-bond acceptors (Lipinski definition) is 2. The van der Waals surface area contributed by atoms with Crippen molar-refractivity contribution < 1.29 is 9.53 Å². The second-order valence-electron chi connectivity index (χ2n) is 5.60. The molecule has 2 rings (SSSR count). The van der Waals surface area contributed by atoms with Gasteiger partial charge in [-0.25, -0.2) is 4.79 Å². The summed E-state index contributed by atoms with van der Waals surface area (Å²) < 4.78 is 6.14. The van der Waals surface area contributed by atoms with Crippen LogP contribution in [-0.2, 0) is 6.42 Å². The molecule has 128 valence electrons. The Bertz CT molecular complexity index is 659. The maximum Gasteiger partial charge on any atom is 0.315 e. The van der Waals surface area contributed by atoms with Gasteiger partial charge in [0.1, 0.15) is 5.75 Å². The zero-order valence-electron chi connectivity index (χ0n) is 14.0. The molecule has 0 fully saturated rings. The molecule has 1 atom stereocenters. The molecule has 0 spiro atoms. The topological polar surface area (TPSA) is 50.4 Å². The number of rotatable bonds is 7. The van der Waals surface area contributed by atoms with Gasteiger partial charge in [-0.15, -0.1) is 0 Å². The zero-order chi connectivity index (χ0) is 17.4. The van der Waals surface area contributed by atoms with Gasteiger partial charge in [0.15, 0.2) is 0 Å². The average molecular weight is 391 g/mol. The Morgan fingerprint density at radius 1 is 1.17 bits per heavy atom. The van der Waals surface area contributed by atoms with Crippen LogP contribution in [0.5, 0.6) is 5.75 Å². The summed E-state index contributed by atoms with van der Waals surface area (Å²) in [7, 11) is 1.66. The number of carbonyl (C=O) groups is 1. The highest BCUT2D eigenvalue weighted by Crippen LogP contribution is 2.22. The lowest BCUT2D eigenvalue weighted by Crippen LogP contribution is -2.37. The summed E-state index contributed by atoms with van der Waals surface area (Å²) in [5.41, 5.74) is 2.30. The summed E-state index contributed by atoms with van der Waals surface area (Å²) in [4.78, 5) is 12.0. The minimum absolute atomic E-state index is 0.0536. The van der Waals surface area contributed by atoms with Crippen molar-refractivity contribution in [1.82, 2.24) is 10.6 Å². The molecular weight excluding hydrogens is 368 g/mol. The van der Waals surface area contributed by atoms with E-state index in [-0.39, 0.29) is 12.1 Å². The SMILES string of the molecule is COc1ccc(CCCNC(=O)NC(C)c2ccccc2Br)cc1. The fourth-order valence-electron chi connectivity index (χ4n) is 2.44. The molecule has 0 saturated carbocycles. The van der Waals surface area contributed by atoms with E-state index in [2.05, 4.69) is 26.6 Å². The normalized spacial score (nSPS) is 11.6. The lowest BCUT2D eigenvalue weighted by atomic mass is 10.1. The van der Waals surface area contributed by atoms with Gasteiger partial charge < -0.3 is 15.4 Å². The van der Waals surface area contributed by atoms with E-state index in [9.17, 15) is 4.79 Å². The Morgan fingerprint density at radius 3 is 2.54 bits per heavy atom. The first-order valence-corrected chi connectivity index (χ1v) is 8.81. The highest BCUT2D eigenvalue weighted by atomic mass is 79.9. The number of carbonyl (C=O) groups excluding carboxylic acids is 1. The minimum Gasteiger partial charge on any atom is -0.497 e. The van der Waals surface area contributed by atoms with E-state index < -0.39 is 0 Å². The van der Waals surface area contributed by atoms with Crippen molar-refractivity contribution in [2.24, 2.45) is 0 Å². The van der Waals surface area contributed by atoms with Crippen molar-refractivity contribution in [3.05, 3.63) is 64.1 Å². The minimum atomic E-state index is -0.145. The zero-order valence-corrected chi connectivity index (χ0v) is 15.6. The van der Waals surface area contributed by atoms with E-state index in [1.54, 1.807) is 7.11 Å². The Morgan fingerprint density at radius 2 is 1.88 bits per heavy atom. The number of ether oxygens (including phenoxy) is 1. The van der Waals surface area contributed by atoms with Gasteiger partial charge in [0.05, 0.1) is 13.2 Å². The van der Waals surface area contributed by atoms with Gasteiger partial charge in [0, 0.05) is 11.0 Å². The van der Waals surface area contributed by atoms with E-state index in [0.717, 1.165) is 28.6 Å². The van der Waals surface area contributed by atoms with E-state index >= 15 is 0 Å². The van der Waals surface area contributed by atoms with Crippen LogP contribution >= 0.6 is 15.9 Å². The van der Waals surface area contributed by atoms with Gasteiger partial charge in [-0.05, 0) is 49.1 Å². The maximum absolute atomic E-state index is 12.0. The quantitative estimate of drug-likeness (QED) is 0.686. The second kappa shape index (κ2) is 9.33. The van der Waals surface area contributed by atoms with Crippen LogP contribution in [0.3, 0.4) is 0 Å². The lowest BCUT2D eigenvalue weighted by molar-refractivity contribution is 0.238. The Kier molecular flexibility index (Phi) is 7.12. The highest BCUT2D eigenvalue weighted by molar-refractivity contribution is 9.10. The van der Waals surface area contributed by atoms with Crippen LogP contribution in [0.1, 0.15) is 30.5 Å². The van der Waals surface area contributed by atoms with E-state index in [0.29, 0.717) is 6.54 Å². The van der Waals surface area contributed by atoms with Crippen LogP contribution in [-0.4, -0.2) is 19.7 Å². The predicted molar refractivity (Wildman–Crippen MR) is 100 cm³/mol. The summed E-state index contributed by atoms with van der Waals surface area (Å²) in [6.07, 6.45) is 1.81. The van der Waals surface area contributed by atoms with Crippen molar-refractivity contribution in [2.75, 3.05) is 13.7 Å². The Balaban J connectivity index is 1.70. The van der Waals surface area contributed by atoms with Crippen LogP contribution in [0.15, 0.2) is 53.0 Å². The largest absolute Gasteiger partial charge is 0.497 e. The van der Waals surface area contributed by atoms with Crippen LogP contribution in [0, 0.1) is 0 Å². The van der Waals surface area contributed by atoms with Gasteiger partial charge in [-0.1, -0.05) is 46.3 Å². The number of benzene rings is 2. The molecule has 2 aromatic carbocycles. The molecule has 2 N–H and O–H groups in total. The first kappa shape index (κ1) is 18.3. The van der Waals surface area contributed by atoms with Gasteiger partial charge in [0.25, 0.3) is 0 Å². The Hall–Kier alpha value is -2.01. The number of amides is 2. The molecule has 0 aliphatic heterocycles. The average Bonchev–Trinajstić information content (AvgIpc) is 2.59. The van der Waals surface area contributed by atoms with Crippen molar-refractivity contribution in [2.45, 2.75) is 25.8 Å². The van der Waals surface area contributed by atoms with Gasteiger partial charge in [-0.3, -0.25) is 0 Å². The summed E-state index contributed by atoms with van der Waals surface area (Å²) in [6, 6.07) is 15.7. The first-order chi connectivity index (χ1) is 11.6. The lowest BCUT2D eigenvalue weighted by Gasteiger charge is -2.16. The predicted octanol–water partition coefficient (Wildman–Crippen LogP) is 4.45. The van der Waals surface area contributed by atoms with Crippen LogP contribution in [0.2, 0.25) is 0 Å². The summed E-state index contributed by atoms with van der Waals surface area (Å²) in [6.45, 7) is 2.61.